The predicted molar refractivity (Wildman–Crippen MR) is 115 cm³/mol. The van der Waals surface area contributed by atoms with Crippen molar-refractivity contribution in [3.8, 4) is 0 Å². The summed E-state index contributed by atoms with van der Waals surface area (Å²) >= 11 is 6.16. The molecule has 0 N–H and O–H groups in total. The highest BCUT2D eigenvalue weighted by atomic mass is 35.5. The maximum Gasteiger partial charge on any atom is 0.343 e. The molecule has 4 rings (SSSR count). The number of sulfonamides is 1. The van der Waals surface area contributed by atoms with Crippen LogP contribution < -0.4 is 9.21 Å². The molecule has 1 aliphatic rings. The molecule has 5 nitrogen and oxygen atoms in total. The maximum atomic E-state index is 13.4. The zero-order valence-electron chi connectivity index (χ0n) is 16.0. The van der Waals surface area contributed by atoms with Gasteiger partial charge in [-0.25, -0.2) is 17.6 Å². The Kier molecular flexibility index (Phi) is 5.26. The van der Waals surface area contributed by atoms with E-state index in [1.165, 1.54) is 23.1 Å². The first-order valence-corrected chi connectivity index (χ1v) is 11.1. The number of hydrogen-bond donors (Lipinski definition) is 0. The van der Waals surface area contributed by atoms with E-state index in [2.05, 4.69) is 0 Å². The Morgan fingerprint density at radius 2 is 1.70 bits per heavy atom. The van der Waals surface area contributed by atoms with Gasteiger partial charge in [0.25, 0.3) is 10.0 Å². The zero-order valence-corrected chi connectivity index (χ0v) is 17.6. The summed E-state index contributed by atoms with van der Waals surface area (Å²) in [5.41, 5.74) is 2.03. The Labute approximate surface area is 179 Å². The third kappa shape index (κ3) is 3.44. The topological polar surface area (TPSA) is 57.7 Å². The van der Waals surface area contributed by atoms with E-state index in [0.717, 1.165) is 22.4 Å². The van der Waals surface area contributed by atoms with Crippen molar-refractivity contribution >= 4 is 39.0 Å². The number of carbonyl (C=O) groups is 1. The predicted octanol–water partition coefficient (Wildman–Crippen LogP) is 5.38. The number of benzene rings is 3. The lowest BCUT2D eigenvalue weighted by atomic mass is 10.1. The van der Waals surface area contributed by atoms with Crippen molar-refractivity contribution in [2.24, 2.45) is 0 Å². The summed E-state index contributed by atoms with van der Waals surface area (Å²) in [7, 11) is -4.10. The van der Waals surface area contributed by atoms with E-state index < -0.39 is 21.9 Å². The number of hydrogen-bond acceptors (Lipinski definition) is 3. The van der Waals surface area contributed by atoms with Crippen LogP contribution in [0.3, 0.4) is 0 Å². The molecular weight excluding hydrogens is 427 g/mol. The van der Waals surface area contributed by atoms with Gasteiger partial charge in [0, 0.05) is 5.02 Å². The molecule has 3 aromatic rings. The fraction of sp³-hybridized carbons (Fsp3) is 0.136. The van der Waals surface area contributed by atoms with Crippen molar-refractivity contribution in [1.82, 2.24) is 0 Å². The molecule has 0 atom stereocenters. The third-order valence-electron chi connectivity index (χ3n) is 5.00. The Morgan fingerprint density at radius 3 is 2.37 bits per heavy atom. The molecule has 0 saturated carbocycles. The number of halogens is 2. The number of amides is 2. The van der Waals surface area contributed by atoms with Gasteiger partial charge in [0.2, 0.25) is 0 Å². The van der Waals surface area contributed by atoms with Gasteiger partial charge in [-0.15, -0.1) is 0 Å². The molecule has 0 unspecified atom stereocenters. The molecule has 0 fully saturated rings. The first-order valence-electron chi connectivity index (χ1n) is 9.31. The van der Waals surface area contributed by atoms with Crippen LogP contribution in [0.1, 0.15) is 18.1 Å². The van der Waals surface area contributed by atoms with Crippen LogP contribution in [0.5, 0.6) is 0 Å². The lowest BCUT2D eigenvalue weighted by Gasteiger charge is -2.36. The fourth-order valence-electron chi connectivity index (χ4n) is 3.40. The number of carbonyl (C=O) groups excluding carboxylic acids is 1. The number of nitrogens with zero attached hydrogens (tertiary/aromatic N) is 2. The molecule has 3 aromatic carbocycles. The summed E-state index contributed by atoms with van der Waals surface area (Å²) in [5.74, 6) is -0.491. The van der Waals surface area contributed by atoms with Crippen molar-refractivity contribution in [3.05, 3.63) is 88.7 Å². The van der Waals surface area contributed by atoms with Crippen molar-refractivity contribution in [3.63, 3.8) is 0 Å². The zero-order chi connectivity index (χ0) is 21.5. The normalized spacial score (nSPS) is 15.2. The van der Waals surface area contributed by atoms with Gasteiger partial charge in [0.15, 0.2) is 0 Å². The molecule has 30 heavy (non-hydrogen) atoms. The molecule has 0 bridgehead atoms. The number of anilines is 2. The second kappa shape index (κ2) is 7.74. The molecule has 0 aromatic heterocycles. The average molecular weight is 445 g/mol. The van der Waals surface area contributed by atoms with E-state index in [1.807, 2.05) is 6.92 Å². The Hall–Kier alpha value is -2.90. The smallest absolute Gasteiger partial charge is 0.287 e. The minimum absolute atomic E-state index is 0.00593. The Morgan fingerprint density at radius 1 is 1.00 bits per heavy atom. The van der Waals surface area contributed by atoms with Crippen molar-refractivity contribution in [2.45, 2.75) is 24.8 Å². The molecule has 0 aliphatic carbocycles. The number of rotatable bonds is 4. The molecule has 2 amide bonds. The summed E-state index contributed by atoms with van der Waals surface area (Å²) in [6.45, 7) is 1.98. The molecule has 0 spiro atoms. The van der Waals surface area contributed by atoms with Crippen molar-refractivity contribution in [1.29, 1.82) is 0 Å². The summed E-state index contributed by atoms with van der Waals surface area (Å²) in [6, 6.07) is 16.3. The van der Waals surface area contributed by atoms with Crippen LogP contribution in [-0.2, 0) is 23.0 Å². The highest BCUT2D eigenvalue weighted by molar-refractivity contribution is 7.94. The molecule has 1 aliphatic heterocycles. The minimum atomic E-state index is -4.10. The largest absolute Gasteiger partial charge is 0.343 e. The van der Waals surface area contributed by atoms with Crippen LogP contribution in [0.4, 0.5) is 20.6 Å². The third-order valence-corrected chi connectivity index (χ3v) is 7.10. The van der Waals surface area contributed by atoms with E-state index >= 15 is 0 Å². The van der Waals surface area contributed by atoms with Gasteiger partial charge in [-0.2, -0.15) is 4.31 Å². The maximum absolute atomic E-state index is 13.4. The molecule has 0 saturated heterocycles. The van der Waals surface area contributed by atoms with Crippen LogP contribution in [-0.4, -0.2) is 14.4 Å². The van der Waals surface area contributed by atoms with E-state index in [1.54, 1.807) is 42.5 Å². The Balaban J connectivity index is 1.84. The molecule has 8 heteroatoms. The Bertz CT molecular complexity index is 1230. The van der Waals surface area contributed by atoms with Crippen LogP contribution in [0.2, 0.25) is 5.02 Å². The van der Waals surface area contributed by atoms with Gasteiger partial charge < -0.3 is 0 Å². The van der Waals surface area contributed by atoms with Crippen molar-refractivity contribution in [2.75, 3.05) is 9.21 Å². The van der Waals surface area contributed by atoms with Crippen LogP contribution in [0.15, 0.2) is 71.6 Å². The number of fused-ring (bicyclic) bond motifs is 1. The van der Waals surface area contributed by atoms with Gasteiger partial charge in [-0.1, -0.05) is 48.9 Å². The van der Waals surface area contributed by atoms with Gasteiger partial charge in [-0.3, -0.25) is 4.90 Å². The quantitative estimate of drug-likeness (QED) is 0.543. The molecular formula is C22H18ClFN2O3S. The highest BCUT2D eigenvalue weighted by Crippen LogP contribution is 2.38. The fourth-order valence-corrected chi connectivity index (χ4v) is 5.22. The van der Waals surface area contributed by atoms with Gasteiger partial charge in [0.05, 0.1) is 17.9 Å². The SMILES string of the molecule is CCc1ccc(N2C(=O)N(Cc3ccc(F)cc3Cl)c3ccccc3S2(=O)=O)cc1. The summed E-state index contributed by atoms with van der Waals surface area (Å²) in [4.78, 5) is 14.7. The summed E-state index contributed by atoms with van der Waals surface area (Å²) < 4.78 is 40.8. The van der Waals surface area contributed by atoms with Crippen molar-refractivity contribution < 1.29 is 17.6 Å². The summed E-state index contributed by atoms with van der Waals surface area (Å²) in [6.07, 6.45) is 0.791. The van der Waals surface area contributed by atoms with Gasteiger partial charge >= 0.3 is 6.03 Å². The monoisotopic (exact) mass is 444 g/mol. The lowest BCUT2D eigenvalue weighted by molar-refractivity contribution is 0.253. The minimum Gasteiger partial charge on any atom is -0.287 e. The molecule has 0 radical (unpaired) electrons. The first-order chi connectivity index (χ1) is 14.3. The van der Waals surface area contributed by atoms with E-state index in [4.69, 9.17) is 11.6 Å². The second-order valence-corrected chi connectivity index (χ2v) is 9.02. The number of para-hydroxylation sites is 1. The van der Waals surface area contributed by atoms with Gasteiger partial charge in [-0.05, 0) is 53.9 Å². The number of aryl methyl sites for hydroxylation is 1. The molecule has 154 valence electrons. The molecule has 1 heterocycles. The van der Waals surface area contributed by atoms with Crippen LogP contribution in [0, 0.1) is 5.82 Å². The van der Waals surface area contributed by atoms with Crippen LogP contribution in [0.25, 0.3) is 0 Å². The van der Waals surface area contributed by atoms with Crippen LogP contribution >= 0.6 is 11.6 Å². The summed E-state index contributed by atoms with van der Waals surface area (Å²) in [5, 5.41) is 0.160. The standard InChI is InChI=1S/C22H18ClFN2O3S/c1-2-15-7-11-18(12-8-15)26-22(27)25(14-16-9-10-17(24)13-19(16)23)20-5-3-4-6-21(20)30(26,28)29/h3-13H,2,14H2,1H3. The van der Waals surface area contributed by atoms with Gasteiger partial charge in [0.1, 0.15) is 10.7 Å². The highest BCUT2D eigenvalue weighted by Gasteiger charge is 2.42. The average Bonchev–Trinajstić information content (AvgIpc) is 2.73. The second-order valence-electron chi connectivity index (χ2n) is 6.86. The lowest BCUT2D eigenvalue weighted by Crippen LogP contribution is -2.50. The number of urea groups is 1. The van der Waals surface area contributed by atoms with E-state index in [0.29, 0.717) is 5.56 Å². The first kappa shape index (κ1) is 20.4. The van der Waals surface area contributed by atoms with E-state index in [9.17, 15) is 17.6 Å². The van der Waals surface area contributed by atoms with E-state index in [-0.39, 0.29) is 27.8 Å².